The van der Waals surface area contributed by atoms with Crippen LogP contribution in [-0.4, -0.2) is 29.3 Å². The van der Waals surface area contributed by atoms with Gasteiger partial charge >= 0.3 is 0 Å². The van der Waals surface area contributed by atoms with E-state index >= 15 is 0 Å². The number of ether oxygens (including phenoxy) is 2. The number of hydrogen-bond acceptors (Lipinski definition) is 4. The van der Waals surface area contributed by atoms with Gasteiger partial charge in [-0.15, -0.1) is 0 Å². The van der Waals surface area contributed by atoms with Gasteiger partial charge in [0, 0.05) is 23.9 Å². The zero-order valence-electron chi connectivity index (χ0n) is 12.2. The van der Waals surface area contributed by atoms with Gasteiger partial charge in [0.05, 0.1) is 19.4 Å². The van der Waals surface area contributed by atoms with Crippen LogP contribution < -0.4 is 14.8 Å². The van der Waals surface area contributed by atoms with Crippen LogP contribution in [0.3, 0.4) is 0 Å². The highest BCUT2D eigenvalue weighted by atomic mass is 16.5. The van der Waals surface area contributed by atoms with Crippen molar-refractivity contribution in [1.29, 1.82) is 0 Å². The fraction of sp³-hybridized carbons (Fsp3) is 0.333. The molecule has 0 aliphatic rings. The molecule has 0 bridgehead atoms. The lowest BCUT2D eigenvalue weighted by atomic mass is 10.2. The fourth-order valence-corrected chi connectivity index (χ4v) is 1.85. The summed E-state index contributed by atoms with van der Waals surface area (Å²) in [6.45, 7) is 5.28. The van der Waals surface area contributed by atoms with Gasteiger partial charge in [0.2, 0.25) is 0 Å². The quantitative estimate of drug-likeness (QED) is 0.818. The van der Waals surface area contributed by atoms with E-state index in [0.717, 1.165) is 5.56 Å². The number of amides is 1. The Bertz CT molecular complexity index is 582. The highest BCUT2D eigenvalue weighted by Crippen LogP contribution is 2.28. The van der Waals surface area contributed by atoms with Crippen LogP contribution in [0.1, 0.15) is 29.8 Å². The Morgan fingerprint density at radius 1 is 1.24 bits per heavy atom. The first-order valence-corrected chi connectivity index (χ1v) is 6.90. The predicted molar refractivity (Wildman–Crippen MR) is 78.5 cm³/mol. The Morgan fingerprint density at radius 2 is 2.00 bits per heavy atom. The second-order valence-corrected chi connectivity index (χ2v) is 4.32. The minimum absolute atomic E-state index is 0.166. The molecule has 112 valence electrons. The fourth-order valence-electron chi connectivity index (χ4n) is 1.85. The smallest absolute Gasteiger partial charge is 0.251 e. The van der Waals surface area contributed by atoms with Crippen molar-refractivity contribution in [3.63, 3.8) is 0 Å². The van der Waals surface area contributed by atoms with Crippen LogP contribution in [0.25, 0.3) is 0 Å². The average molecular weight is 289 g/mol. The SMILES string of the molecule is CCOc1ccc(C(=O)NCc2cn[nH]c2)cc1OCC. The monoisotopic (exact) mass is 289 g/mol. The maximum atomic E-state index is 12.1. The number of hydrogen-bond donors (Lipinski definition) is 2. The molecular weight excluding hydrogens is 270 g/mol. The number of H-pyrrole nitrogens is 1. The highest BCUT2D eigenvalue weighted by Gasteiger charge is 2.11. The van der Waals surface area contributed by atoms with Gasteiger partial charge in [-0.25, -0.2) is 0 Å². The molecule has 0 atom stereocenters. The van der Waals surface area contributed by atoms with Gasteiger partial charge in [0.25, 0.3) is 5.91 Å². The molecule has 6 heteroatoms. The molecule has 0 fully saturated rings. The molecule has 0 saturated heterocycles. The number of nitrogens with one attached hydrogen (secondary N) is 2. The molecule has 0 aliphatic carbocycles. The van der Waals surface area contributed by atoms with Crippen molar-refractivity contribution in [3.05, 3.63) is 41.7 Å². The molecule has 1 aromatic carbocycles. The summed E-state index contributed by atoms with van der Waals surface area (Å²) in [6.07, 6.45) is 3.41. The van der Waals surface area contributed by atoms with Crippen molar-refractivity contribution >= 4 is 5.91 Å². The van der Waals surface area contributed by atoms with Crippen molar-refractivity contribution in [3.8, 4) is 11.5 Å². The lowest BCUT2D eigenvalue weighted by Gasteiger charge is -2.12. The average Bonchev–Trinajstić information content (AvgIpc) is 3.00. The van der Waals surface area contributed by atoms with Gasteiger partial charge in [-0.1, -0.05) is 0 Å². The Kier molecular flexibility index (Phi) is 5.20. The molecule has 0 radical (unpaired) electrons. The summed E-state index contributed by atoms with van der Waals surface area (Å²) in [5.74, 6) is 1.06. The highest BCUT2D eigenvalue weighted by molar-refractivity contribution is 5.94. The van der Waals surface area contributed by atoms with Crippen molar-refractivity contribution in [2.24, 2.45) is 0 Å². The van der Waals surface area contributed by atoms with E-state index in [2.05, 4.69) is 15.5 Å². The van der Waals surface area contributed by atoms with Crippen molar-refractivity contribution < 1.29 is 14.3 Å². The molecule has 0 unspecified atom stereocenters. The van der Waals surface area contributed by atoms with E-state index in [1.807, 2.05) is 13.8 Å². The van der Waals surface area contributed by atoms with Crippen LogP contribution >= 0.6 is 0 Å². The molecular formula is C15H19N3O3. The summed E-state index contributed by atoms with van der Waals surface area (Å²) in [5.41, 5.74) is 1.45. The van der Waals surface area contributed by atoms with Crippen LogP contribution in [0.15, 0.2) is 30.6 Å². The number of carbonyl (C=O) groups excluding carboxylic acids is 1. The third-order valence-electron chi connectivity index (χ3n) is 2.81. The standard InChI is InChI=1S/C15H19N3O3/c1-3-20-13-6-5-12(7-14(13)21-4-2)15(19)16-8-11-9-17-18-10-11/h5-7,9-10H,3-4,8H2,1-2H3,(H,16,19)(H,17,18). The van der Waals surface area contributed by atoms with Gasteiger partial charge < -0.3 is 14.8 Å². The number of rotatable bonds is 7. The molecule has 0 saturated carbocycles. The zero-order chi connectivity index (χ0) is 15.1. The third kappa shape index (κ3) is 3.98. The Morgan fingerprint density at radius 3 is 2.67 bits per heavy atom. The number of aromatic nitrogens is 2. The van der Waals surface area contributed by atoms with E-state index in [1.165, 1.54) is 0 Å². The summed E-state index contributed by atoms with van der Waals surface area (Å²) in [6, 6.07) is 5.17. The normalized spacial score (nSPS) is 10.2. The lowest BCUT2D eigenvalue weighted by molar-refractivity contribution is 0.0950. The van der Waals surface area contributed by atoms with E-state index < -0.39 is 0 Å². The van der Waals surface area contributed by atoms with Crippen LogP contribution in [0.2, 0.25) is 0 Å². The first kappa shape index (κ1) is 14.9. The second kappa shape index (κ2) is 7.33. The minimum atomic E-state index is -0.166. The van der Waals surface area contributed by atoms with Crippen molar-refractivity contribution in [2.45, 2.75) is 20.4 Å². The van der Waals surface area contributed by atoms with Gasteiger partial charge in [0.15, 0.2) is 11.5 Å². The van der Waals surface area contributed by atoms with Gasteiger partial charge in [0.1, 0.15) is 0 Å². The number of nitrogens with zero attached hydrogens (tertiary/aromatic N) is 1. The van der Waals surface area contributed by atoms with E-state index in [0.29, 0.717) is 36.8 Å². The number of benzene rings is 1. The molecule has 0 spiro atoms. The molecule has 21 heavy (non-hydrogen) atoms. The molecule has 1 amide bonds. The first-order chi connectivity index (χ1) is 10.2. The third-order valence-corrected chi connectivity index (χ3v) is 2.81. The Labute approximate surface area is 123 Å². The predicted octanol–water partition coefficient (Wildman–Crippen LogP) is 2.14. The molecule has 6 nitrogen and oxygen atoms in total. The molecule has 2 rings (SSSR count). The zero-order valence-corrected chi connectivity index (χ0v) is 12.2. The first-order valence-electron chi connectivity index (χ1n) is 6.90. The van der Waals surface area contributed by atoms with Crippen molar-refractivity contribution in [1.82, 2.24) is 15.5 Å². The van der Waals surface area contributed by atoms with Gasteiger partial charge in [-0.05, 0) is 32.0 Å². The lowest BCUT2D eigenvalue weighted by Crippen LogP contribution is -2.22. The van der Waals surface area contributed by atoms with Gasteiger partial charge in [-0.2, -0.15) is 5.10 Å². The Hall–Kier alpha value is -2.50. The van der Waals surface area contributed by atoms with E-state index in [9.17, 15) is 4.79 Å². The minimum Gasteiger partial charge on any atom is -0.490 e. The summed E-state index contributed by atoms with van der Waals surface area (Å²) in [4.78, 5) is 12.1. The van der Waals surface area contributed by atoms with Gasteiger partial charge in [-0.3, -0.25) is 9.89 Å². The molecule has 0 aliphatic heterocycles. The van der Waals surface area contributed by atoms with Crippen LogP contribution in [0.5, 0.6) is 11.5 Å². The molecule has 1 heterocycles. The van der Waals surface area contributed by atoms with E-state index in [1.54, 1.807) is 30.6 Å². The van der Waals surface area contributed by atoms with Crippen LogP contribution in [0, 0.1) is 0 Å². The second-order valence-electron chi connectivity index (χ2n) is 4.32. The van der Waals surface area contributed by atoms with E-state index in [4.69, 9.17) is 9.47 Å². The summed E-state index contributed by atoms with van der Waals surface area (Å²) in [5, 5.41) is 9.36. The number of carbonyl (C=O) groups is 1. The maximum Gasteiger partial charge on any atom is 0.251 e. The maximum absolute atomic E-state index is 12.1. The van der Waals surface area contributed by atoms with Crippen LogP contribution in [0.4, 0.5) is 0 Å². The summed E-state index contributed by atoms with van der Waals surface area (Å²) >= 11 is 0. The topological polar surface area (TPSA) is 76.2 Å². The van der Waals surface area contributed by atoms with Crippen molar-refractivity contribution in [2.75, 3.05) is 13.2 Å². The summed E-state index contributed by atoms with van der Waals surface area (Å²) in [7, 11) is 0. The largest absolute Gasteiger partial charge is 0.490 e. The summed E-state index contributed by atoms with van der Waals surface area (Å²) < 4.78 is 11.0. The van der Waals surface area contributed by atoms with Crippen LogP contribution in [-0.2, 0) is 6.54 Å². The number of aromatic amines is 1. The molecule has 2 aromatic rings. The molecule has 1 aromatic heterocycles. The molecule has 2 N–H and O–H groups in total. The van der Waals surface area contributed by atoms with E-state index in [-0.39, 0.29) is 5.91 Å². The Balaban J connectivity index is 2.07.